The smallest absolute Gasteiger partial charge is 0.146 e. The van der Waals surface area contributed by atoms with E-state index in [2.05, 4.69) is 22.1 Å². The van der Waals surface area contributed by atoms with Crippen molar-refractivity contribution in [3.8, 4) is 5.82 Å². The average molecular weight is 224 g/mol. The molecule has 2 aromatic heterocycles. The monoisotopic (exact) mass is 224 g/mol. The van der Waals surface area contributed by atoms with Gasteiger partial charge in [0.1, 0.15) is 12.1 Å². The summed E-state index contributed by atoms with van der Waals surface area (Å²) in [5.41, 5.74) is 6.56. The summed E-state index contributed by atoms with van der Waals surface area (Å²) in [6.45, 7) is 0.437. The Balaban J connectivity index is 2.35. The molecule has 84 valence electrons. The Morgan fingerprint density at radius 1 is 1.24 bits per heavy atom. The van der Waals surface area contributed by atoms with E-state index in [1.54, 1.807) is 12.5 Å². The molecule has 4 nitrogen and oxygen atoms in total. The minimum Gasteiger partial charge on any atom is -0.325 e. The lowest BCUT2D eigenvalue weighted by atomic mass is 10.1. The summed E-state index contributed by atoms with van der Waals surface area (Å²) in [4.78, 5) is 8.61. The molecule has 0 fully saturated rings. The van der Waals surface area contributed by atoms with Crippen LogP contribution in [0.5, 0.6) is 0 Å². The third-order valence-electron chi connectivity index (χ3n) is 2.73. The number of fused-ring (bicyclic) bond motifs is 1. The second-order valence-electron chi connectivity index (χ2n) is 3.83. The van der Waals surface area contributed by atoms with Gasteiger partial charge in [-0.1, -0.05) is 24.3 Å². The van der Waals surface area contributed by atoms with Crippen LogP contribution in [0.3, 0.4) is 0 Å². The molecule has 0 aliphatic carbocycles. The van der Waals surface area contributed by atoms with E-state index in [-0.39, 0.29) is 0 Å². The fourth-order valence-corrected chi connectivity index (χ4v) is 1.92. The lowest BCUT2D eigenvalue weighted by Crippen LogP contribution is -2.04. The zero-order valence-corrected chi connectivity index (χ0v) is 9.24. The van der Waals surface area contributed by atoms with Crippen molar-refractivity contribution in [3.63, 3.8) is 0 Å². The van der Waals surface area contributed by atoms with E-state index in [1.807, 2.05) is 29.0 Å². The summed E-state index contributed by atoms with van der Waals surface area (Å²) in [6.07, 6.45) is 5.37. The van der Waals surface area contributed by atoms with Gasteiger partial charge in [-0.3, -0.25) is 4.57 Å². The maximum absolute atomic E-state index is 5.68. The van der Waals surface area contributed by atoms with E-state index >= 15 is 0 Å². The maximum Gasteiger partial charge on any atom is 0.146 e. The van der Waals surface area contributed by atoms with Crippen LogP contribution in [-0.2, 0) is 6.54 Å². The van der Waals surface area contributed by atoms with Gasteiger partial charge in [-0.15, -0.1) is 0 Å². The molecule has 4 heteroatoms. The number of aromatic nitrogens is 3. The Labute approximate surface area is 98.7 Å². The summed E-state index contributed by atoms with van der Waals surface area (Å²) in [6, 6.07) is 10.2. The molecule has 17 heavy (non-hydrogen) atoms. The lowest BCUT2D eigenvalue weighted by Gasteiger charge is -2.08. The van der Waals surface area contributed by atoms with Gasteiger partial charge < -0.3 is 5.73 Å². The van der Waals surface area contributed by atoms with Gasteiger partial charge in [0.25, 0.3) is 0 Å². The molecule has 2 heterocycles. The maximum atomic E-state index is 5.68. The third kappa shape index (κ3) is 1.68. The van der Waals surface area contributed by atoms with Crippen LogP contribution in [0, 0.1) is 0 Å². The molecule has 0 aliphatic heterocycles. The fourth-order valence-electron chi connectivity index (χ4n) is 1.92. The SMILES string of the molecule is NCc1cc2ccccc2c(-n2ccnc2)n1. The van der Waals surface area contributed by atoms with Crippen LogP contribution in [0.1, 0.15) is 5.69 Å². The first kappa shape index (κ1) is 9.99. The quantitative estimate of drug-likeness (QED) is 0.723. The van der Waals surface area contributed by atoms with E-state index in [4.69, 9.17) is 5.73 Å². The molecule has 0 bridgehead atoms. The van der Waals surface area contributed by atoms with E-state index in [0.29, 0.717) is 6.54 Å². The largest absolute Gasteiger partial charge is 0.325 e. The topological polar surface area (TPSA) is 56.7 Å². The number of hydrogen-bond donors (Lipinski definition) is 1. The Morgan fingerprint density at radius 3 is 2.88 bits per heavy atom. The standard InChI is InChI=1S/C13H12N4/c14-8-11-7-10-3-1-2-4-12(10)13(16-11)17-6-5-15-9-17/h1-7,9H,8,14H2. The van der Waals surface area contributed by atoms with Crippen molar-refractivity contribution in [2.75, 3.05) is 0 Å². The number of hydrogen-bond acceptors (Lipinski definition) is 3. The summed E-state index contributed by atoms with van der Waals surface area (Å²) in [5.74, 6) is 0.876. The molecule has 0 spiro atoms. The van der Waals surface area contributed by atoms with Crippen molar-refractivity contribution in [2.24, 2.45) is 5.73 Å². The molecule has 0 unspecified atom stereocenters. The second kappa shape index (κ2) is 3.99. The molecule has 3 rings (SSSR count). The van der Waals surface area contributed by atoms with Gasteiger partial charge in [-0.05, 0) is 11.5 Å². The molecule has 0 radical (unpaired) electrons. The van der Waals surface area contributed by atoms with E-state index in [9.17, 15) is 0 Å². The highest BCUT2D eigenvalue weighted by atomic mass is 15.1. The first-order valence-corrected chi connectivity index (χ1v) is 5.45. The number of benzene rings is 1. The van der Waals surface area contributed by atoms with E-state index in [0.717, 1.165) is 22.3 Å². The van der Waals surface area contributed by atoms with Crippen molar-refractivity contribution >= 4 is 10.8 Å². The molecule has 1 aromatic carbocycles. The third-order valence-corrected chi connectivity index (χ3v) is 2.73. The molecule has 0 saturated heterocycles. The van der Waals surface area contributed by atoms with Gasteiger partial charge >= 0.3 is 0 Å². The molecule has 0 saturated carbocycles. The van der Waals surface area contributed by atoms with Crippen molar-refractivity contribution in [3.05, 3.63) is 54.7 Å². The Bertz CT molecular complexity index is 644. The zero-order valence-electron chi connectivity index (χ0n) is 9.24. The predicted octanol–water partition coefficient (Wildman–Crippen LogP) is 1.88. The minimum atomic E-state index is 0.437. The normalized spacial score (nSPS) is 10.9. The molecular weight excluding hydrogens is 212 g/mol. The Hall–Kier alpha value is -2.20. The second-order valence-corrected chi connectivity index (χ2v) is 3.83. The fraction of sp³-hybridized carbons (Fsp3) is 0.0769. The van der Waals surface area contributed by atoms with Gasteiger partial charge in [0.15, 0.2) is 0 Å². The Morgan fingerprint density at radius 2 is 2.12 bits per heavy atom. The van der Waals surface area contributed by atoms with Crippen molar-refractivity contribution in [1.82, 2.24) is 14.5 Å². The van der Waals surface area contributed by atoms with Gasteiger partial charge in [0, 0.05) is 24.3 Å². The Kier molecular flexibility index (Phi) is 2.34. The van der Waals surface area contributed by atoms with E-state index < -0.39 is 0 Å². The summed E-state index contributed by atoms with van der Waals surface area (Å²) in [5, 5.41) is 2.24. The van der Waals surface area contributed by atoms with Gasteiger partial charge in [0.2, 0.25) is 0 Å². The van der Waals surface area contributed by atoms with Gasteiger partial charge in [-0.25, -0.2) is 9.97 Å². The molecule has 0 atom stereocenters. The molecule has 3 aromatic rings. The molecule has 0 amide bonds. The minimum absolute atomic E-state index is 0.437. The van der Waals surface area contributed by atoms with Gasteiger partial charge in [0.05, 0.1) is 5.69 Å². The average Bonchev–Trinajstić information content (AvgIpc) is 2.91. The molecule has 2 N–H and O–H groups in total. The number of nitrogens with two attached hydrogens (primary N) is 1. The highest BCUT2D eigenvalue weighted by molar-refractivity contribution is 5.88. The van der Waals surface area contributed by atoms with Crippen molar-refractivity contribution in [1.29, 1.82) is 0 Å². The summed E-state index contributed by atoms with van der Waals surface area (Å²) in [7, 11) is 0. The van der Waals surface area contributed by atoms with Crippen molar-refractivity contribution in [2.45, 2.75) is 6.54 Å². The predicted molar refractivity (Wildman–Crippen MR) is 66.8 cm³/mol. The van der Waals surface area contributed by atoms with Crippen LogP contribution in [0.25, 0.3) is 16.6 Å². The highest BCUT2D eigenvalue weighted by Gasteiger charge is 2.06. The number of nitrogens with zero attached hydrogens (tertiary/aromatic N) is 3. The van der Waals surface area contributed by atoms with Gasteiger partial charge in [-0.2, -0.15) is 0 Å². The molecular formula is C13H12N4. The van der Waals surface area contributed by atoms with Crippen LogP contribution in [0.2, 0.25) is 0 Å². The van der Waals surface area contributed by atoms with E-state index in [1.165, 1.54) is 0 Å². The zero-order chi connectivity index (χ0) is 11.7. The first-order valence-electron chi connectivity index (χ1n) is 5.45. The van der Waals surface area contributed by atoms with Crippen LogP contribution in [0.4, 0.5) is 0 Å². The first-order chi connectivity index (χ1) is 8.38. The molecule has 0 aliphatic rings. The number of rotatable bonds is 2. The van der Waals surface area contributed by atoms with Crippen molar-refractivity contribution < 1.29 is 0 Å². The lowest BCUT2D eigenvalue weighted by molar-refractivity contribution is 0.938. The van der Waals surface area contributed by atoms with Crippen LogP contribution in [-0.4, -0.2) is 14.5 Å². The van der Waals surface area contributed by atoms with Crippen LogP contribution < -0.4 is 5.73 Å². The summed E-state index contributed by atoms with van der Waals surface area (Å²) < 4.78 is 1.90. The summed E-state index contributed by atoms with van der Waals surface area (Å²) >= 11 is 0. The van der Waals surface area contributed by atoms with Crippen LogP contribution in [0.15, 0.2) is 49.1 Å². The van der Waals surface area contributed by atoms with Crippen LogP contribution >= 0.6 is 0 Å². The number of pyridine rings is 1. The highest BCUT2D eigenvalue weighted by Crippen LogP contribution is 2.21. The number of imidazole rings is 1.